The predicted octanol–water partition coefficient (Wildman–Crippen LogP) is 3.52. The second-order valence-corrected chi connectivity index (χ2v) is 4.79. The molecule has 2 N–H and O–H groups in total. The summed E-state index contributed by atoms with van der Waals surface area (Å²) in [5, 5.41) is 0. The maximum absolute atomic E-state index is 6.13. The molecule has 2 aromatic rings. The number of hydrogen-bond donors (Lipinski definition) is 1. The average Bonchev–Trinajstić information content (AvgIpc) is 2.35. The van der Waals surface area contributed by atoms with Crippen molar-refractivity contribution in [1.82, 2.24) is 0 Å². The van der Waals surface area contributed by atoms with Gasteiger partial charge in [-0.15, -0.1) is 0 Å². The van der Waals surface area contributed by atoms with Crippen LogP contribution in [0.3, 0.4) is 0 Å². The van der Waals surface area contributed by atoms with Crippen LogP contribution in [0.4, 0.5) is 11.4 Å². The van der Waals surface area contributed by atoms with Gasteiger partial charge in [-0.1, -0.05) is 36.4 Å². The lowest BCUT2D eigenvalue weighted by atomic mass is 10.1. The van der Waals surface area contributed by atoms with Crippen molar-refractivity contribution in [2.75, 3.05) is 17.7 Å². The second-order valence-electron chi connectivity index (χ2n) is 4.79. The lowest BCUT2D eigenvalue weighted by Gasteiger charge is -2.23. The zero-order valence-corrected chi connectivity index (χ0v) is 11.3. The van der Waals surface area contributed by atoms with Gasteiger partial charge in [0.1, 0.15) is 0 Å². The summed E-state index contributed by atoms with van der Waals surface area (Å²) in [7, 11) is 2.08. The molecule has 0 radical (unpaired) electrons. The van der Waals surface area contributed by atoms with E-state index in [0.29, 0.717) is 0 Å². The lowest BCUT2D eigenvalue weighted by Crippen LogP contribution is -2.18. The molecule has 0 heterocycles. The van der Waals surface area contributed by atoms with Gasteiger partial charge >= 0.3 is 0 Å². The van der Waals surface area contributed by atoms with E-state index >= 15 is 0 Å². The van der Waals surface area contributed by atoms with Crippen LogP contribution >= 0.6 is 0 Å². The summed E-state index contributed by atoms with van der Waals surface area (Å²) in [4.78, 5) is 2.20. The molecular formula is C16H20N2. The van der Waals surface area contributed by atoms with Crippen molar-refractivity contribution in [3.05, 3.63) is 59.2 Å². The molecule has 0 fully saturated rings. The normalized spacial score (nSPS) is 10.4. The fourth-order valence-electron chi connectivity index (χ4n) is 2.13. The van der Waals surface area contributed by atoms with Crippen LogP contribution in [0.25, 0.3) is 0 Å². The van der Waals surface area contributed by atoms with E-state index in [-0.39, 0.29) is 0 Å². The van der Waals surface area contributed by atoms with Crippen molar-refractivity contribution < 1.29 is 0 Å². The molecule has 2 rings (SSSR count). The molecule has 0 unspecified atom stereocenters. The standard InChI is InChI=1S/C16H20N2/c1-12-7-4-5-9-14(12)11-18(3)15-10-6-8-13(2)16(15)17/h4-10H,11,17H2,1-3H3. The molecule has 2 nitrogen and oxygen atoms in total. The van der Waals surface area contributed by atoms with Gasteiger partial charge in [0, 0.05) is 13.6 Å². The molecule has 18 heavy (non-hydrogen) atoms. The molecule has 0 spiro atoms. The van der Waals surface area contributed by atoms with Gasteiger partial charge in [0.2, 0.25) is 0 Å². The summed E-state index contributed by atoms with van der Waals surface area (Å²) in [6.07, 6.45) is 0. The van der Waals surface area contributed by atoms with Crippen molar-refractivity contribution in [3.63, 3.8) is 0 Å². The minimum Gasteiger partial charge on any atom is -0.397 e. The van der Waals surface area contributed by atoms with Gasteiger partial charge in [0.15, 0.2) is 0 Å². The Kier molecular flexibility index (Phi) is 3.56. The third-order valence-corrected chi connectivity index (χ3v) is 3.38. The van der Waals surface area contributed by atoms with Gasteiger partial charge in [0.25, 0.3) is 0 Å². The van der Waals surface area contributed by atoms with E-state index in [1.54, 1.807) is 0 Å². The number of benzene rings is 2. The molecule has 0 saturated heterocycles. The first-order chi connectivity index (χ1) is 8.59. The maximum atomic E-state index is 6.13. The summed E-state index contributed by atoms with van der Waals surface area (Å²) < 4.78 is 0. The first kappa shape index (κ1) is 12.5. The maximum Gasteiger partial charge on any atom is 0.0603 e. The Hall–Kier alpha value is -1.96. The van der Waals surface area contributed by atoms with Crippen molar-refractivity contribution in [1.29, 1.82) is 0 Å². The number of nitrogens with zero attached hydrogens (tertiary/aromatic N) is 1. The highest BCUT2D eigenvalue weighted by Gasteiger charge is 2.08. The SMILES string of the molecule is Cc1ccccc1CN(C)c1cccc(C)c1N. The van der Waals surface area contributed by atoms with E-state index in [1.165, 1.54) is 11.1 Å². The van der Waals surface area contributed by atoms with Crippen LogP contribution in [0.15, 0.2) is 42.5 Å². The van der Waals surface area contributed by atoms with Crippen molar-refractivity contribution >= 4 is 11.4 Å². The summed E-state index contributed by atoms with van der Waals surface area (Å²) in [6.45, 7) is 5.06. The van der Waals surface area contributed by atoms with Crippen LogP contribution in [0.2, 0.25) is 0 Å². The number of anilines is 2. The molecule has 0 aromatic heterocycles. The smallest absolute Gasteiger partial charge is 0.0603 e. The van der Waals surface area contributed by atoms with Gasteiger partial charge in [-0.3, -0.25) is 0 Å². The molecule has 0 aliphatic heterocycles. The van der Waals surface area contributed by atoms with Crippen LogP contribution in [0, 0.1) is 13.8 Å². The molecule has 0 aliphatic carbocycles. The van der Waals surface area contributed by atoms with E-state index in [0.717, 1.165) is 23.5 Å². The quantitative estimate of drug-likeness (QED) is 0.832. The fourth-order valence-corrected chi connectivity index (χ4v) is 2.13. The first-order valence-electron chi connectivity index (χ1n) is 6.20. The van der Waals surface area contributed by atoms with Crippen LogP contribution in [0.5, 0.6) is 0 Å². The van der Waals surface area contributed by atoms with E-state index in [4.69, 9.17) is 5.73 Å². The summed E-state index contributed by atoms with van der Waals surface area (Å²) in [5.41, 5.74) is 11.9. The van der Waals surface area contributed by atoms with Gasteiger partial charge in [-0.05, 0) is 36.6 Å². The lowest BCUT2D eigenvalue weighted by molar-refractivity contribution is 0.915. The molecule has 0 saturated carbocycles. The van der Waals surface area contributed by atoms with E-state index in [1.807, 2.05) is 13.0 Å². The Labute approximate surface area is 109 Å². The Morgan fingerprint density at radius 2 is 1.61 bits per heavy atom. The molecule has 2 aromatic carbocycles. The minimum absolute atomic E-state index is 0.869. The highest BCUT2D eigenvalue weighted by atomic mass is 15.1. The molecule has 0 bridgehead atoms. The molecule has 94 valence electrons. The Morgan fingerprint density at radius 1 is 0.944 bits per heavy atom. The molecular weight excluding hydrogens is 220 g/mol. The van der Waals surface area contributed by atoms with Crippen LogP contribution in [-0.4, -0.2) is 7.05 Å². The fraction of sp³-hybridized carbons (Fsp3) is 0.250. The van der Waals surface area contributed by atoms with Gasteiger partial charge in [0.05, 0.1) is 11.4 Å². The number of hydrogen-bond acceptors (Lipinski definition) is 2. The first-order valence-corrected chi connectivity index (χ1v) is 6.20. The van der Waals surface area contributed by atoms with Crippen LogP contribution < -0.4 is 10.6 Å². The minimum atomic E-state index is 0.869. The monoisotopic (exact) mass is 240 g/mol. The van der Waals surface area contributed by atoms with E-state index in [2.05, 4.69) is 55.3 Å². The molecule has 2 heteroatoms. The van der Waals surface area contributed by atoms with Gasteiger partial charge in [-0.25, -0.2) is 0 Å². The molecule has 0 atom stereocenters. The van der Waals surface area contributed by atoms with E-state index in [9.17, 15) is 0 Å². The third-order valence-electron chi connectivity index (χ3n) is 3.38. The molecule has 0 aliphatic rings. The average molecular weight is 240 g/mol. The van der Waals surface area contributed by atoms with Gasteiger partial charge in [-0.2, -0.15) is 0 Å². The van der Waals surface area contributed by atoms with Crippen molar-refractivity contribution in [3.8, 4) is 0 Å². The number of rotatable bonds is 3. The number of aryl methyl sites for hydroxylation is 2. The van der Waals surface area contributed by atoms with Crippen LogP contribution in [-0.2, 0) is 6.54 Å². The highest BCUT2D eigenvalue weighted by molar-refractivity contribution is 5.70. The highest BCUT2D eigenvalue weighted by Crippen LogP contribution is 2.26. The Balaban J connectivity index is 2.25. The summed E-state index contributed by atoms with van der Waals surface area (Å²) >= 11 is 0. The number of nitrogens with two attached hydrogens (primary N) is 1. The Bertz CT molecular complexity index is 547. The summed E-state index contributed by atoms with van der Waals surface area (Å²) in [5.74, 6) is 0. The van der Waals surface area contributed by atoms with Crippen molar-refractivity contribution in [2.45, 2.75) is 20.4 Å². The second kappa shape index (κ2) is 5.13. The Morgan fingerprint density at radius 3 is 2.33 bits per heavy atom. The predicted molar refractivity (Wildman–Crippen MR) is 78.9 cm³/mol. The largest absolute Gasteiger partial charge is 0.397 e. The third kappa shape index (κ3) is 2.48. The zero-order valence-electron chi connectivity index (χ0n) is 11.3. The van der Waals surface area contributed by atoms with E-state index < -0.39 is 0 Å². The number of para-hydroxylation sites is 1. The summed E-state index contributed by atoms with van der Waals surface area (Å²) in [6, 6.07) is 14.6. The topological polar surface area (TPSA) is 29.3 Å². The molecule has 0 amide bonds. The van der Waals surface area contributed by atoms with Gasteiger partial charge < -0.3 is 10.6 Å². The zero-order chi connectivity index (χ0) is 13.1. The number of nitrogen functional groups attached to an aromatic ring is 1. The van der Waals surface area contributed by atoms with Crippen molar-refractivity contribution in [2.24, 2.45) is 0 Å². The van der Waals surface area contributed by atoms with Crippen LogP contribution in [0.1, 0.15) is 16.7 Å².